The highest BCUT2D eigenvalue weighted by Gasteiger charge is 2.20. The van der Waals surface area contributed by atoms with E-state index in [0.717, 1.165) is 30.9 Å². The van der Waals surface area contributed by atoms with Crippen molar-refractivity contribution in [1.29, 1.82) is 0 Å². The van der Waals surface area contributed by atoms with E-state index in [1.54, 1.807) is 0 Å². The normalized spacial score (nSPS) is 22.3. The second-order valence-corrected chi connectivity index (χ2v) is 5.82. The largest absolute Gasteiger partial charge is 0.484 e. The van der Waals surface area contributed by atoms with E-state index in [2.05, 4.69) is 19.2 Å². The Balaban J connectivity index is 1.73. The lowest BCUT2D eigenvalue weighted by Crippen LogP contribution is -2.40. The summed E-state index contributed by atoms with van der Waals surface area (Å²) in [4.78, 5) is 11.9. The lowest BCUT2D eigenvalue weighted by Gasteiger charge is -2.27. The molecule has 2 atom stereocenters. The van der Waals surface area contributed by atoms with Gasteiger partial charge in [0.25, 0.3) is 5.91 Å². The first-order valence-corrected chi connectivity index (χ1v) is 7.68. The number of carbonyl (C=O) groups is 1. The molecule has 1 N–H and O–H groups in total. The predicted octanol–water partition coefficient (Wildman–Crippen LogP) is 3.32. The van der Waals surface area contributed by atoms with Crippen LogP contribution in [0.15, 0.2) is 24.3 Å². The molecule has 3 heteroatoms. The molecule has 0 aromatic heterocycles. The predicted molar refractivity (Wildman–Crippen MR) is 80.9 cm³/mol. The van der Waals surface area contributed by atoms with Crippen molar-refractivity contribution in [2.24, 2.45) is 5.92 Å². The monoisotopic (exact) mass is 275 g/mol. The number of aryl methyl sites for hydroxylation is 1. The van der Waals surface area contributed by atoms with E-state index in [4.69, 9.17) is 4.74 Å². The van der Waals surface area contributed by atoms with Crippen LogP contribution in [0.4, 0.5) is 0 Å². The van der Waals surface area contributed by atoms with Crippen LogP contribution in [-0.2, 0) is 11.2 Å². The lowest BCUT2D eigenvalue weighted by atomic mass is 9.87. The minimum atomic E-state index is -0.0105. The van der Waals surface area contributed by atoms with Crippen molar-refractivity contribution in [3.05, 3.63) is 29.8 Å². The van der Waals surface area contributed by atoms with Gasteiger partial charge >= 0.3 is 0 Å². The maximum absolute atomic E-state index is 11.9. The number of amides is 1. The van der Waals surface area contributed by atoms with Gasteiger partial charge in [0, 0.05) is 6.04 Å². The molecule has 0 saturated heterocycles. The van der Waals surface area contributed by atoms with Crippen LogP contribution in [0.1, 0.15) is 45.1 Å². The third kappa shape index (κ3) is 4.55. The van der Waals surface area contributed by atoms with Gasteiger partial charge < -0.3 is 10.1 Å². The molecule has 0 radical (unpaired) electrons. The van der Waals surface area contributed by atoms with Crippen LogP contribution >= 0.6 is 0 Å². The van der Waals surface area contributed by atoms with Crippen LogP contribution in [0, 0.1) is 5.92 Å². The standard InChI is InChI=1S/C17H25NO2/c1-3-14-7-9-16(10-8-14)20-12-17(19)18-15-6-4-5-13(2)11-15/h7-10,13,15H,3-6,11-12H2,1-2H3,(H,18,19). The molecule has 2 rings (SSSR count). The lowest BCUT2D eigenvalue weighted by molar-refractivity contribution is -0.124. The van der Waals surface area contributed by atoms with Gasteiger partial charge in [-0.1, -0.05) is 38.8 Å². The Hall–Kier alpha value is -1.51. The smallest absolute Gasteiger partial charge is 0.258 e. The van der Waals surface area contributed by atoms with Gasteiger partial charge in [-0.2, -0.15) is 0 Å². The summed E-state index contributed by atoms with van der Waals surface area (Å²) in [7, 11) is 0. The van der Waals surface area contributed by atoms with Crippen molar-refractivity contribution in [3.8, 4) is 5.75 Å². The molecule has 2 unspecified atom stereocenters. The molecule has 1 saturated carbocycles. The number of ether oxygens (including phenoxy) is 1. The molecular formula is C17H25NO2. The average molecular weight is 275 g/mol. The zero-order valence-electron chi connectivity index (χ0n) is 12.5. The van der Waals surface area contributed by atoms with E-state index in [-0.39, 0.29) is 12.5 Å². The third-order valence-electron chi connectivity index (χ3n) is 4.00. The molecule has 3 nitrogen and oxygen atoms in total. The van der Waals surface area contributed by atoms with Crippen LogP contribution in [0.2, 0.25) is 0 Å². The van der Waals surface area contributed by atoms with E-state index in [0.29, 0.717) is 6.04 Å². The Kier molecular flexibility index (Phi) is 5.45. The Bertz CT molecular complexity index is 427. The van der Waals surface area contributed by atoms with E-state index in [1.807, 2.05) is 24.3 Å². The second kappa shape index (κ2) is 7.32. The molecule has 110 valence electrons. The van der Waals surface area contributed by atoms with Crippen molar-refractivity contribution in [2.75, 3.05) is 6.61 Å². The fourth-order valence-corrected chi connectivity index (χ4v) is 2.80. The molecule has 1 aromatic carbocycles. The molecule has 1 amide bonds. The SMILES string of the molecule is CCc1ccc(OCC(=O)NC2CCCC(C)C2)cc1. The van der Waals surface area contributed by atoms with Gasteiger partial charge in [-0.05, 0) is 42.9 Å². The summed E-state index contributed by atoms with van der Waals surface area (Å²) < 4.78 is 5.52. The van der Waals surface area contributed by atoms with Crippen molar-refractivity contribution in [3.63, 3.8) is 0 Å². The number of benzene rings is 1. The van der Waals surface area contributed by atoms with Crippen molar-refractivity contribution in [1.82, 2.24) is 5.32 Å². The van der Waals surface area contributed by atoms with Gasteiger partial charge in [-0.25, -0.2) is 0 Å². The zero-order chi connectivity index (χ0) is 14.4. The summed E-state index contributed by atoms with van der Waals surface area (Å²) in [6.45, 7) is 4.48. The van der Waals surface area contributed by atoms with Crippen LogP contribution in [-0.4, -0.2) is 18.6 Å². The highest BCUT2D eigenvalue weighted by Crippen LogP contribution is 2.23. The number of nitrogens with one attached hydrogen (secondary N) is 1. The zero-order valence-corrected chi connectivity index (χ0v) is 12.5. The molecule has 0 bridgehead atoms. The molecule has 1 aliphatic rings. The minimum Gasteiger partial charge on any atom is -0.484 e. The molecule has 0 heterocycles. The third-order valence-corrected chi connectivity index (χ3v) is 4.00. The maximum Gasteiger partial charge on any atom is 0.258 e. The summed E-state index contributed by atoms with van der Waals surface area (Å²) in [6, 6.07) is 8.26. The van der Waals surface area contributed by atoms with Gasteiger partial charge in [-0.3, -0.25) is 4.79 Å². The van der Waals surface area contributed by atoms with Crippen LogP contribution < -0.4 is 10.1 Å². The number of rotatable bonds is 5. The van der Waals surface area contributed by atoms with E-state index < -0.39 is 0 Å². The van der Waals surface area contributed by atoms with Crippen molar-refractivity contribution < 1.29 is 9.53 Å². The summed E-state index contributed by atoms with van der Waals surface area (Å²) in [5.74, 6) is 1.47. The summed E-state index contributed by atoms with van der Waals surface area (Å²) >= 11 is 0. The van der Waals surface area contributed by atoms with Crippen LogP contribution in [0.25, 0.3) is 0 Å². The topological polar surface area (TPSA) is 38.3 Å². The number of carbonyl (C=O) groups excluding carboxylic acids is 1. The summed E-state index contributed by atoms with van der Waals surface area (Å²) in [5.41, 5.74) is 1.28. The second-order valence-electron chi connectivity index (χ2n) is 5.82. The Morgan fingerprint density at radius 1 is 1.30 bits per heavy atom. The first-order chi connectivity index (χ1) is 9.67. The minimum absolute atomic E-state index is 0.0105. The first-order valence-electron chi connectivity index (χ1n) is 7.68. The van der Waals surface area contributed by atoms with E-state index in [1.165, 1.54) is 18.4 Å². The van der Waals surface area contributed by atoms with E-state index in [9.17, 15) is 4.79 Å². The molecule has 1 aromatic rings. The quantitative estimate of drug-likeness (QED) is 0.895. The van der Waals surface area contributed by atoms with Gasteiger partial charge in [-0.15, -0.1) is 0 Å². The van der Waals surface area contributed by atoms with Gasteiger partial charge in [0.2, 0.25) is 0 Å². The molecule has 20 heavy (non-hydrogen) atoms. The van der Waals surface area contributed by atoms with Gasteiger partial charge in [0.1, 0.15) is 5.75 Å². The van der Waals surface area contributed by atoms with Gasteiger partial charge in [0.15, 0.2) is 6.61 Å². The fraction of sp³-hybridized carbons (Fsp3) is 0.588. The summed E-state index contributed by atoms with van der Waals surface area (Å²) in [5, 5.41) is 3.08. The fourth-order valence-electron chi connectivity index (χ4n) is 2.80. The Labute approximate surface area is 121 Å². The maximum atomic E-state index is 11.9. The molecule has 0 spiro atoms. The Morgan fingerprint density at radius 3 is 2.70 bits per heavy atom. The molecule has 1 fully saturated rings. The average Bonchev–Trinajstić information content (AvgIpc) is 2.46. The van der Waals surface area contributed by atoms with Crippen molar-refractivity contribution >= 4 is 5.91 Å². The Morgan fingerprint density at radius 2 is 2.05 bits per heavy atom. The molecule has 1 aliphatic carbocycles. The number of hydrogen-bond acceptors (Lipinski definition) is 2. The highest BCUT2D eigenvalue weighted by atomic mass is 16.5. The molecular weight excluding hydrogens is 250 g/mol. The highest BCUT2D eigenvalue weighted by molar-refractivity contribution is 5.77. The summed E-state index contributed by atoms with van der Waals surface area (Å²) in [6.07, 6.45) is 5.71. The van der Waals surface area contributed by atoms with E-state index >= 15 is 0 Å². The van der Waals surface area contributed by atoms with Crippen LogP contribution in [0.3, 0.4) is 0 Å². The number of hydrogen-bond donors (Lipinski definition) is 1. The van der Waals surface area contributed by atoms with Crippen LogP contribution in [0.5, 0.6) is 5.75 Å². The van der Waals surface area contributed by atoms with Crippen molar-refractivity contribution in [2.45, 2.75) is 52.0 Å². The first kappa shape index (κ1) is 14.9. The van der Waals surface area contributed by atoms with Gasteiger partial charge in [0.05, 0.1) is 0 Å². The molecule has 0 aliphatic heterocycles.